The summed E-state index contributed by atoms with van der Waals surface area (Å²) in [4.78, 5) is 24.2. The van der Waals surface area contributed by atoms with Crippen LogP contribution in [0.15, 0.2) is 69.9 Å². The zero-order valence-electron chi connectivity index (χ0n) is 19.2. The molecule has 4 aromatic rings. The first-order valence-corrected chi connectivity index (χ1v) is 10.8. The highest BCUT2D eigenvalue weighted by atomic mass is 16.5. The molecule has 174 valence electrons. The van der Waals surface area contributed by atoms with E-state index >= 15 is 0 Å². The highest BCUT2D eigenvalue weighted by Gasteiger charge is 2.19. The Bertz CT molecular complexity index is 1390. The smallest absolute Gasteiger partial charge is 0.340 e. The molecule has 0 aliphatic carbocycles. The van der Waals surface area contributed by atoms with Crippen LogP contribution in [-0.4, -0.2) is 18.2 Å². The summed E-state index contributed by atoms with van der Waals surface area (Å²) in [6.45, 7) is 3.79. The summed E-state index contributed by atoms with van der Waals surface area (Å²) in [6.07, 6.45) is -0.175. The average Bonchev–Trinajstić information content (AvgIpc) is 2.85. The van der Waals surface area contributed by atoms with Crippen LogP contribution in [-0.2, 0) is 22.5 Å². The summed E-state index contributed by atoms with van der Waals surface area (Å²) in [5, 5.41) is 14.7. The van der Waals surface area contributed by atoms with Crippen LogP contribution in [0.1, 0.15) is 22.3 Å². The Morgan fingerprint density at radius 3 is 2.35 bits per heavy atom. The predicted molar refractivity (Wildman–Crippen MR) is 130 cm³/mol. The Labute approximate surface area is 196 Å². The van der Waals surface area contributed by atoms with Crippen LogP contribution in [0.25, 0.3) is 11.0 Å². The second-order valence-electron chi connectivity index (χ2n) is 7.93. The fraction of sp³-hybridized carbons (Fsp3) is 0.185. The van der Waals surface area contributed by atoms with E-state index in [0.717, 1.165) is 11.4 Å². The molecule has 2 N–H and O–H groups in total. The van der Waals surface area contributed by atoms with Crippen molar-refractivity contribution in [3.63, 3.8) is 0 Å². The third-order valence-electron chi connectivity index (χ3n) is 5.73. The number of hydrogen-bond donors (Lipinski definition) is 2. The number of para-hydroxylation sites is 1. The highest BCUT2D eigenvalue weighted by Crippen LogP contribution is 2.33. The highest BCUT2D eigenvalue weighted by molar-refractivity contribution is 5.88. The van der Waals surface area contributed by atoms with Gasteiger partial charge in [0.15, 0.2) is 0 Å². The molecule has 0 saturated heterocycles. The number of benzene rings is 3. The lowest BCUT2D eigenvalue weighted by atomic mass is 9.98. The summed E-state index contributed by atoms with van der Waals surface area (Å²) in [7, 11) is 1.27. The molecule has 0 aliphatic heterocycles. The molecule has 4 rings (SSSR count). The molecule has 0 aliphatic rings. The topological polar surface area (TPSA) is 98.0 Å². The lowest BCUT2D eigenvalue weighted by molar-refractivity contribution is -0.139. The number of ether oxygens (including phenoxy) is 2. The molecule has 1 heterocycles. The lowest BCUT2D eigenvalue weighted by Crippen LogP contribution is -2.16. The number of phenols is 1. The largest absolute Gasteiger partial charge is 0.507 e. The number of fused-ring (bicyclic) bond motifs is 1. The van der Waals surface area contributed by atoms with E-state index in [1.54, 1.807) is 19.9 Å². The Morgan fingerprint density at radius 2 is 1.68 bits per heavy atom. The van der Waals surface area contributed by atoms with Gasteiger partial charge in [0.2, 0.25) is 0 Å². The quantitative estimate of drug-likeness (QED) is 0.288. The van der Waals surface area contributed by atoms with Gasteiger partial charge in [0.25, 0.3) is 0 Å². The Hall–Kier alpha value is -4.26. The van der Waals surface area contributed by atoms with Crippen molar-refractivity contribution in [3.05, 3.63) is 93.3 Å². The van der Waals surface area contributed by atoms with E-state index in [4.69, 9.17) is 13.9 Å². The minimum Gasteiger partial charge on any atom is -0.507 e. The fourth-order valence-corrected chi connectivity index (χ4v) is 3.76. The lowest BCUT2D eigenvalue weighted by Gasteiger charge is -2.14. The molecule has 7 nitrogen and oxygen atoms in total. The van der Waals surface area contributed by atoms with Crippen LogP contribution in [0.2, 0.25) is 0 Å². The van der Waals surface area contributed by atoms with Crippen LogP contribution in [0, 0.1) is 13.8 Å². The maximum atomic E-state index is 12.4. The predicted octanol–water partition coefficient (Wildman–Crippen LogP) is 5.24. The maximum Gasteiger partial charge on any atom is 0.340 e. The molecule has 0 unspecified atom stereocenters. The number of phenolic OH excluding ortho intramolecular Hbond substituents is 1. The molecular weight excluding hydrogens is 434 g/mol. The number of anilines is 1. The molecule has 0 radical (unpaired) electrons. The third-order valence-corrected chi connectivity index (χ3v) is 5.73. The molecule has 0 fully saturated rings. The molecule has 3 aromatic carbocycles. The molecule has 34 heavy (non-hydrogen) atoms. The van der Waals surface area contributed by atoms with Crippen LogP contribution >= 0.6 is 0 Å². The first kappa shape index (κ1) is 22.9. The second-order valence-corrected chi connectivity index (χ2v) is 7.93. The minimum absolute atomic E-state index is 0.0484. The van der Waals surface area contributed by atoms with E-state index < -0.39 is 11.6 Å². The summed E-state index contributed by atoms with van der Waals surface area (Å²) < 4.78 is 16.0. The third kappa shape index (κ3) is 4.73. The van der Waals surface area contributed by atoms with Crippen LogP contribution in [0.4, 0.5) is 5.69 Å². The summed E-state index contributed by atoms with van der Waals surface area (Å²) in [5.41, 5.74) is 2.52. The van der Waals surface area contributed by atoms with E-state index in [1.165, 1.54) is 7.11 Å². The van der Waals surface area contributed by atoms with Crippen LogP contribution < -0.4 is 15.7 Å². The number of aromatic hydroxyl groups is 1. The van der Waals surface area contributed by atoms with Crippen molar-refractivity contribution in [2.75, 3.05) is 12.4 Å². The van der Waals surface area contributed by atoms with E-state index in [2.05, 4.69) is 5.32 Å². The van der Waals surface area contributed by atoms with Gasteiger partial charge in [-0.3, -0.25) is 4.79 Å². The van der Waals surface area contributed by atoms with Crippen molar-refractivity contribution in [1.82, 2.24) is 0 Å². The first-order chi connectivity index (χ1) is 16.4. The maximum absolute atomic E-state index is 12.4. The van der Waals surface area contributed by atoms with Crippen molar-refractivity contribution in [3.8, 4) is 17.2 Å². The normalized spacial score (nSPS) is 10.8. The average molecular weight is 459 g/mol. The zero-order chi connectivity index (χ0) is 24.2. The van der Waals surface area contributed by atoms with Crippen molar-refractivity contribution < 1.29 is 23.8 Å². The number of aryl methyl sites for hydroxylation is 2. The molecule has 1 aromatic heterocycles. The van der Waals surface area contributed by atoms with Crippen molar-refractivity contribution in [2.24, 2.45) is 0 Å². The van der Waals surface area contributed by atoms with Gasteiger partial charge in [0.1, 0.15) is 22.8 Å². The summed E-state index contributed by atoms with van der Waals surface area (Å²) >= 11 is 0. The van der Waals surface area contributed by atoms with Gasteiger partial charge >= 0.3 is 11.6 Å². The van der Waals surface area contributed by atoms with Crippen molar-refractivity contribution >= 4 is 22.6 Å². The van der Waals surface area contributed by atoms with E-state index in [-0.39, 0.29) is 17.7 Å². The van der Waals surface area contributed by atoms with E-state index in [1.807, 2.05) is 54.6 Å². The Morgan fingerprint density at radius 1 is 1.00 bits per heavy atom. The molecule has 0 atom stereocenters. The Kier molecular flexibility index (Phi) is 6.54. The minimum atomic E-state index is -0.610. The summed E-state index contributed by atoms with van der Waals surface area (Å²) in [6, 6.07) is 18.8. The van der Waals surface area contributed by atoms with Gasteiger partial charge < -0.3 is 24.3 Å². The standard InChI is InChI=1S/C27H25NO6/c1-16-22-13-18(25(30)17(2)26(22)34-27(31)23(16)14-24(29)32-3)15-28-19-9-11-21(12-10-19)33-20-7-5-4-6-8-20/h4-13,28,30H,14-15H2,1-3H3. The van der Waals surface area contributed by atoms with Gasteiger partial charge in [0, 0.05) is 28.7 Å². The van der Waals surface area contributed by atoms with Gasteiger partial charge in [-0.2, -0.15) is 0 Å². The van der Waals surface area contributed by atoms with E-state index in [9.17, 15) is 14.7 Å². The van der Waals surface area contributed by atoms with Gasteiger partial charge in [-0.15, -0.1) is 0 Å². The number of esters is 1. The molecular formula is C27H25NO6. The monoisotopic (exact) mass is 459 g/mol. The number of methoxy groups -OCH3 is 1. The van der Waals surface area contributed by atoms with Crippen molar-refractivity contribution in [2.45, 2.75) is 26.8 Å². The van der Waals surface area contributed by atoms with Gasteiger partial charge in [0.05, 0.1) is 19.1 Å². The SMILES string of the molecule is COC(=O)Cc1c(C)c2cc(CNc3ccc(Oc4ccccc4)cc3)c(O)c(C)c2oc1=O. The Balaban J connectivity index is 1.57. The second kappa shape index (κ2) is 9.70. The fourth-order valence-electron chi connectivity index (χ4n) is 3.76. The number of nitrogens with one attached hydrogen (secondary N) is 1. The molecule has 0 bridgehead atoms. The molecule has 0 amide bonds. The number of rotatable bonds is 7. The van der Waals surface area contributed by atoms with Crippen molar-refractivity contribution in [1.29, 1.82) is 0 Å². The number of carbonyl (C=O) groups is 1. The van der Waals surface area contributed by atoms with E-state index in [0.29, 0.717) is 40.0 Å². The number of hydrogen-bond acceptors (Lipinski definition) is 7. The number of carbonyl (C=O) groups excluding carboxylic acids is 1. The van der Waals surface area contributed by atoms with Crippen LogP contribution in [0.5, 0.6) is 17.2 Å². The molecule has 7 heteroatoms. The zero-order valence-corrected chi connectivity index (χ0v) is 19.2. The molecule has 0 spiro atoms. The van der Waals surface area contributed by atoms with Gasteiger partial charge in [-0.25, -0.2) is 4.79 Å². The summed E-state index contributed by atoms with van der Waals surface area (Å²) in [5.74, 6) is 0.998. The van der Waals surface area contributed by atoms with Crippen LogP contribution in [0.3, 0.4) is 0 Å². The van der Waals surface area contributed by atoms with Gasteiger partial charge in [-0.1, -0.05) is 18.2 Å². The van der Waals surface area contributed by atoms with Gasteiger partial charge in [-0.05, 0) is 61.9 Å². The first-order valence-electron chi connectivity index (χ1n) is 10.8. The molecule has 0 saturated carbocycles.